The third kappa shape index (κ3) is 1.61. The molecule has 1 aliphatic heterocycles. The number of imide groups is 1. The lowest BCUT2D eigenvalue weighted by molar-refractivity contribution is 0.0663. The molecule has 102 valence electrons. The lowest BCUT2D eigenvalue weighted by Gasteiger charge is -2.10. The van der Waals surface area contributed by atoms with Crippen molar-refractivity contribution < 1.29 is 14.3 Å². The number of carbonyl (C=O) groups excluding carboxylic acids is 2. The third-order valence-electron chi connectivity index (χ3n) is 3.56. The van der Waals surface area contributed by atoms with Crippen LogP contribution in [0.4, 0.5) is 0 Å². The van der Waals surface area contributed by atoms with Gasteiger partial charge in [0, 0.05) is 11.9 Å². The average Bonchev–Trinajstić information content (AvgIpc) is 2.71. The van der Waals surface area contributed by atoms with Gasteiger partial charge in [0.25, 0.3) is 11.8 Å². The van der Waals surface area contributed by atoms with E-state index < -0.39 is 0 Å². The minimum Gasteiger partial charge on any atom is -0.493 e. The smallest absolute Gasteiger partial charge is 0.262 e. The molecular formula is C16H15NO3. The first-order chi connectivity index (χ1) is 9.69. The highest BCUT2D eigenvalue weighted by Gasteiger charge is 2.36. The van der Waals surface area contributed by atoms with Gasteiger partial charge in [0.05, 0.1) is 17.7 Å². The Morgan fingerprint density at radius 1 is 1.05 bits per heavy atom. The van der Waals surface area contributed by atoms with Crippen molar-refractivity contribution in [3.63, 3.8) is 0 Å². The highest BCUT2D eigenvalue weighted by Crippen LogP contribution is 2.36. The number of carbonyl (C=O) groups is 2. The van der Waals surface area contributed by atoms with E-state index in [2.05, 4.69) is 0 Å². The highest BCUT2D eigenvalue weighted by atomic mass is 16.5. The van der Waals surface area contributed by atoms with E-state index in [-0.39, 0.29) is 11.8 Å². The quantitative estimate of drug-likeness (QED) is 0.805. The average molecular weight is 269 g/mol. The normalized spacial score (nSPS) is 14.0. The second-order valence-corrected chi connectivity index (χ2v) is 4.63. The van der Waals surface area contributed by atoms with Crippen LogP contribution in [-0.2, 0) is 0 Å². The molecule has 1 heterocycles. The second kappa shape index (κ2) is 4.63. The molecule has 0 saturated heterocycles. The number of amides is 2. The summed E-state index contributed by atoms with van der Waals surface area (Å²) in [5, 5.41) is 1.65. The number of ether oxygens (including phenoxy) is 1. The van der Waals surface area contributed by atoms with E-state index in [0.717, 1.165) is 10.8 Å². The number of fused-ring (bicyclic) bond motifs is 3. The van der Waals surface area contributed by atoms with Crippen LogP contribution in [0.1, 0.15) is 34.6 Å². The van der Waals surface area contributed by atoms with Crippen LogP contribution in [0.15, 0.2) is 30.3 Å². The van der Waals surface area contributed by atoms with E-state index >= 15 is 0 Å². The molecule has 1 aliphatic rings. The summed E-state index contributed by atoms with van der Waals surface area (Å²) < 4.78 is 5.61. The van der Waals surface area contributed by atoms with E-state index in [4.69, 9.17) is 4.74 Å². The van der Waals surface area contributed by atoms with Crippen LogP contribution in [0.5, 0.6) is 5.75 Å². The van der Waals surface area contributed by atoms with Crippen LogP contribution in [0.25, 0.3) is 10.8 Å². The van der Waals surface area contributed by atoms with Crippen molar-refractivity contribution in [1.29, 1.82) is 0 Å². The summed E-state index contributed by atoms with van der Waals surface area (Å²) in [5.41, 5.74) is 0.940. The maximum atomic E-state index is 12.4. The van der Waals surface area contributed by atoms with Gasteiger partial charge in [0.1, 0.15) is 5.75 Å². The Labute approximate surface area is 116 Å². The van der Waals surface area contributed by atoms with Crippen molar-refractivity contribution >= 4 is 22.6 Å². The Kier molecular flexibility index (Phi) is 2.93. The number of hydrogen-bond donors (Lipinski definition) is 0. The van der Waals surface area contributed by atoms with Crippen LogP contribution in [0.3, 0.4) is 0 Å². The van der Waals surface area contributed by atoms with Crippen molar-refractivity contribution in [3.05, 3.63) is 41.5 Å². The molecule has 3 rings (SSSR count). The standard InChI is InChI=1S/C16H15NO3/c1-3-17-15(18)12-9-13(20-4-2)10-7-5-6-8-11(10)14(12)16(17)19/h5-9H,3-4H2,1-2H3. The van der Waals surface area contributed by atoms with Crippen LogP contribution < -0.4 is 4.74 Å². The first-order valence-electron chi connectivity index (χ1n) is 6.73. The van der Waals surface area contributed by atoms with Crippen LogP contribution >= 0.6 is 0 Å². The summed E-state index contributed by atoms with van der Waals surface area (Å²) in [4.78, 5) is 25.9. The zero-order valence-electron chi connectivity index (χ0n) is 11.5. The Morgan fingerprint density at radius 3 is 2.40 bits per heavy atom. The van der Waals surface area contributed by atoms with Crippen molar-refractivity contribution in [1.82, 2.24) is 4.90 Å². The molecule has 0 N–H and O–H groups in total. The van der Waals surface area contributed by atoms with Gasteiger partial charge in [-0.25, -0.2) is 0 Å². The van der Waals surface area contributed by atoms with Gasteiger partial charge in [-0.15, -0.1) is 0 Å². The topological polar surface area (TPSA) is 46.6 Å². The summed E-state index contributed by atoms with van der Waals surface area (Å²) in [6.07, 6.45) is 0. The Balaban J connectivity index is 2.35. The monoisotopic (exact) mass is 269 g/mol. The molecule has 0 unspecified atom stereocenters. The first kappa shape index (κ1) is 12.7. The molecule has 0 aromatic heterocycles. The largest absolute Gasteiger partial charge is 0.493 e. The number of rotatable bonds is 3. The minimum atomic E-state index is -0.237. The molecule has 20 heavy (non-hydrogen) atoms. The summed E-state index contributed by atoms with van der Waals surface area (Å²) in [7, 11) is 0. The molecule has 0 radical (unpaired) electrons. The molecule has 2 aromatic carbocycles. The SMILES string of the molecule is CCOc1cc2c(c3ccccc13)C(=O)N(CC)C2=O. The highest BCUT2D eigenvalue weighted by molar-refractivity contribution is 6.27. The summed E-state index contributed by atoms with van der Waals surface area (Å²) in [5.74, 6) is 0.201. The van der Waals surface area contributed by atoms with Gasteiger partial charge in [-0.3, -0.25) is 14.5 Å². The molecule has 0 saturated carbocycles. The van der Waals surface area contributed by atoms with E-state index in [1.165, 1.54) is 4.90 Å². The summed E-state index contributed by atoms with van der Waals surface area (Å²) in [6.45, 7) is 4.59. The summed E-state index contributed by atoms with van der Waals surface area (Å²) >= 11 is 0. The zero-order chi connectivity index (χ0) is 14.3. The number of hydrogen-bond acceptors (Lipinski definition) is 3. The van der Waals surface area contributed by atoms with Gasteiger partial charge >= 0.3 is 0 Å². The van der Waals surface area contributed by atoms with Gasteiger partial charge in [-0.1, -0.05) is 24.3 Å². The van der Waals surface area contributed by atoms with Crippen molar-refractivity contribution in [2.45, 2.75) is 13.8 Å². The maximum absolute atomic E-state index is 12.4. The van der Waals surface area contributed by atoms with Crippen molar-refractivity contribution in [2.75, 3.05) is 13.2 Å². The molecule has 2 amide bonds. The lowest BCUT2D eigenvalue weighted by Crippen LogP contribution is -2.29. The maximum Gasteiger partial charge on any atom is 0.262 e. The minimum absolute atomic E-state index is 0.216. The third-order valence-corrected chi connectivity index (χ3v) is 3.56. The van der Waals surface area contributed by atoms with E-state index in [0.29, 0.717) is 30.0 Å². The molecule has 0 aliphatic carbocycles. The van der Waals surface area contributed by atoms with E-state index in [1.807, 2.05) is 31.2 Å². The first-order valence-corrected chi connectivity index (χ1v) is 6.73. The fourth-order valence-corrected chi connectivity index (χ4v) is 2.68. The van der Waals surface area contributed by atoms with Crippen LogP contribution in [0.2, 0.25) is 0 Å². The van der Waals surface area contributed by atoms with E-state index in [9.17, 15) is 9.59 Å². The number of benzene rings is 2. The molecule has 2 aromatic rings. The molecule has 0 bridgehead atoms. The van der Waals surface area contributed by atoms with Gasteiger partial charge in [-0.2, -0.15) is 0 Å². The fraction of sp³-hybridized carbons (Fsp3) is 0.250. The van der Waals surface area contributed by atoms with Gasteiger partial charge in [0.15, 0.2) is 0 Å². The molecule has 0 fully saturated rings. The Morgan fingerprint density at radius 2 is 1.75 bits per heavy atom. The van der Waals surface area contributed by atoms with Gasteiger partial charge < -0.3 is 4.74 Å². The second-order valence-electron chi connectivity index (χ2n) is 4.63. The molecule has 0 spiro atoms. The Hall–Kier alpha value is -2.36. The van der Waals surface area contributed by atoms with Crippen molar-refractivity contribution in [2.24, 2.45) is 0 Å². The van der Waals surface area contributed by atoms with Crippen LogP contribution in [-0.4, -0.2) is 29.9 Å². The lowest BCUT2D eigenvalue weighted by atomic mass is 9.99. The molecule has 4 heteroatoms. The molecular weight excluding hydrogens is 254 g/mol. The van der Waals surface area contributed by atoms with Crippen LogP contribution in [0, 0.1) is 0 Å². The predicted octanol–water partition coefficient (Wildman–Crippen LogP) is 2.85. The summed E-state index contributed by atoms with van der Waals surface area (Å²) in [6, 6.07) is 9.23. The van der Waals surface area contributed by atoms with Gasteiger partial charge in [-0.05, 0) is 25.3 Å². The predicted molar refractivity (Wildman–Crippen MR) is 76.2 cm³/mol. The van der Waals surface area contributed by atoms with Gasteiger partial charge in [0.2, 0.25) is 0 Å². The van der Waals surface area contributed by atoms with E-state index in [1.54, 1.807) is 13.0 Å². The van der Waals surface area contributed by atoms with Crippen molar-refractivity contribution in [3.8, 4) is 5.75 Å². The Bertz CT molecular complexity index is 721. The molecule has 0 atom stereocenters. The zero-order valence-corrected chi connectivity index (χ0v) is 11.5. The fourth-order valence-electron chi connectivity index (χ4n) is 2.68. The number of nitrogens with zero attached hydrogens (tertiary/aromatic N) is 1. The molecule has 4 nitrogen and oxygen atoms in total.